The average molecular weight is 335 g/mol. The van der Waals surface area contributed by atoms with Crippen LogP contribution in [-0.4, -0.2) is 24.0 Å². The summed E-state index contributed by atoms with van der Waals surface area (Å²) in [5.74, 6) is -0.271. The van der Waals surface area contributed by atoms with Crippen LogP contribution in [0.1, 0.15) is 5.56 Å². The van der Waals surface area contributed by atoms with Crippen LogP contribution in [0, 0.1) is 10.1 Å². The van der Waals surface area contributed by atoms with Crippen LogP contribution in [0.5, 0.6) is 5.75 Å². The molecule has 0 aliphatic rings. The number of nitro benzene ring substituents is 1. The summed E-state index contributed by atoms with van der Waals surface area (Å²) in [6, 6.07) is 13.3. The van der Waals surface area contributed by atoms with Crippen LogP contribution in [0.4, 0.5) is 5.69 Å². The molecule has 0 aromatic heterocycles. The molecule has 0 unspecified atom stereocenters. The lowest BCUT2D eigenvalue weighted by Crippen LogP contribution is -2.30. The number of hydrogen-bond donors (Lipinski definition) is 1. The number of nitro groups is 1. The molecule has 120 valence electrons. The minimum absolute atomic E-state index is 0.0718. The number of ether oxygens (including phenoxy) is 1. The third-order valence-corrected chi connectivity index (χ3v) is 3.28. The van der Waals surface area contributed by atoms with E-state index in [9.17, 15) is 14.9 Å². The number of nitrogens with zero attached hydrogens (tertiary/aromatic N) is 1. The van der Waals surface area contributed by atoms with E-state index in [1.54, 1.807) is 12.1 Å². The zero-order valence-electron chi connectivity index (χ0n) is 12.2. The molecule has 1 N–H and O–H groups in total. The van der Waals surface area contributed by atoms with Crippen LogP contribution >= 0.6 is 11.6 Å². The van der Waals surface area contributed by atoms with Gasteiger partial charge in [0.05, 0.1) is 4.92 Å². The van der Waals surface area contributed by atoms with Crippen molar-refractivity contribution in [1.29, 1.82) is 0 Å². The molecule has 2 rings (SSSR count). The summed E-state index contributed by atoms with van der Waals surface area (Å²) in [5.41, 5.74) is 0.844. The number of benzene rings is 2. The van der Waals surface area contributed by atoms with Gasteiger partial charge in [0.2, 0.25) is 0 Å². The minimum atomic E-state index is -0.549. The lowest BCUT2D eigenvalue weighted by molar-refractivity contribution is -0.385. The maximum absolute atomic E-state index is 11.7. The second kappa shape index (κ2) is 8.14. The molecule has 0 aliphatic carbocycles. The Kier molecular flexibility index (Phi) is 5.94. The molecule has 2 aromatic rings. The van der Waals surface area contributed by atoms with Gasteiger partial charge in [-0.2, -0.15) is 0 Å². The summed E-state index contributed by atoms with van der Waals surface area (Å²) in [7, 11) is 0. The van der Waals surface area contributed by atoms with E-state index < -0.39 is 4.92 Å². The van der Waals surface area contributed by atoms with Crippen molar-refractivity contribution in [3.8, 4) is 5.75 Å². The van der Waals surface area contributed by atoms with Gasteiger partial charge in [0, 0.05) is 17.6 Å². The third kappa shape index (κ3) is 5.27. The van der Waals surface area contributed by atoms with Gasteiger partial charge in [-0.05, 0) is 30.2 Å². The number of carbonyl (C=O) groups is 1. The Labute approximate surface area is 138 Å². The van der Waals surface area contributed by atoms with Crippen molar-refractivity contribution in [3.63, 3.8) is 0 Å². The quantitative estimate of drug-likeness (QED) is 0.623. The second-order valence-electron chi connectivity index (χ2n) is 4.74. The van der Waals surface area contributed by atoms with Crippen molar-refractivity contribution in [3.05, 3.63) is 69.2 Å². The molecule has 0 spiro atoms. The Morgan fingerprint density at radius 3 is 2.74 bits per heavy atom. The molecule has 0 aliphatic heterocycles. The predicted octanol–water partition coefficient (Wildman–Crippen LogP) is 2.99. The molecule has 0 saturated carbocycles. The summed E-state index contributed by atoms with van der Waals surface area (Å²) in [6.07, 6.45) is 0.637. The maximum atomic E-state index is 11.7. The lowest BCUT2D eigenvalue weighted by atomic mass is 10.1. The first-order valence-corrected chi connectivity index (χ1v) is 7.31. The highest BCUT2D eigenvalue weighted by Gasteiger charge is 2.14. The second-order valence-corrected chi connectivity index (χ2v) is 5.18. The first-order valence-electron chi connectivity index (χ1n) is 6.93. The van der Waals surface area contributed by atoms with Gasteiger partial charge in [-0.25, -0.2) is 0 Å². The van der Waals surface area contributed by atoms with Crippen LogP contribution < -0.4 is 10.1 Å². The van der Waals surface area contributed by atoms with Crippen molar-refractivity contribution in [2.45, 2.75) is 6.42 Å². The summed E-state index contributed by atoms with van der Waals surface area (Å²) in [5, 5.41) is 14.2. The summed E-state index contributed by atoms with van der Waals surface area (Å²) in [4.78, 5) is 22.0. The standard InChI is InChI=1S/C16H15ClN2O4/c17-13-5-3-4-12(10-13)8-9-18-16(20)11-23-15-7-2-1-6-14(15)19(21)22/h1-7,10H,8-9,11H2,(H,18,20). The van der Waals surface area contributed by atoms with Gasteiger partial charge >= 0.3 is 5.69 Å². The molecule has 6 nitrogen and oxygen atoms in total. The number of carbonyl (C=O) groups excluding carboxylic acids is 1. The summed E-state index contributed by atoms with van der Waals surface area (Å²) >= 11 is 5.88. The zero-order chi connectivity index (χ0) is 16.7. The molecule has 2 aromatic carbocycles. The highest BCUT2D eigenvalue weighted by Crippen LogP contribution is 2.25. The number of hydrogen-bond acceptors (Lipinski definition) is 4. The minimum Gasteiger partial charge on any atom is -0.477 e. The number of halogens is 1. The third-order valence-electron chi connectivity index (χ3n) is 3.05. The van der Waals surface area contributed by atoms with Crippen LogP contribution in [0.25, 0.3) is 0 Å². The summed E-state index contributed by atoms with van der Waals surface area (Å²) in [6.45, 7) is 0.153. The van der Waals surface area contributed by atoms with Gasteiger partial charge in [0.1, 0.15) is 0 Å². The van der Waals surface area contributed by atoms with Gasteiger partial charge < -0.3 is 10.1 Å². The van der Waals surface area contributed by atoms with Crippen molar-refractivity contribution >= 4 is 23.2 Å². The van der Waals surface area contributed by atoms with Gasteiger partial charge in [-0.1, -0.05) is 35.9 Å². The Morgan fingerprint density at radius 2 is 2.00 bits per heavy atom. The molecular formula is C16H15ClN2O4. The molecule has 0 heterocycles. The fourth-order valence-corrected chi connectivity index (χ4v) is 2.18. The monoisotopic (exact) mass is 334 g/mol. The Balaban J connectivity index is 1.78. The van der Waals surface area contributed by atoms with E-state index in [4.69, 9.17) is 16.3 Å². The topological polar surface area (TPSA) is 81.5 Å². The van der Waals surface area contributed by atoms with Crippen molar-refractivity contribution in [2.24, 2.45) is 0 Å². The first-order chi connectivity index (χ1) is 11.1. The van der Waals surface area contributed by atoms with E-state index in [1.807, 2.05) is 18.2 Å². The first kappa shape index (κ1) is 16.8. The van der Waals surface area contributed by atoms with Gasteiger partial charge in [-0.3, -0.25) is 14.9 Å². The molecule has 0 fully saturated rings. The van der Waals surface area contributed by atoms with Crippen LogP contribution in [-0.2, 0) is 11.2 Å². The van der Waals surface area contributed by atoms with E-state index in [-0.39, 0.29) is 24.0 Å². The zero-order valence-corrected chi connectivity index (χ0v) is 13.0. The van der Waals surface area contributed by atoms with E-state index in [0.29, 0.717) is 18.0 Å². The fourth-order valence-electron chi connectivity index (χ4n) is 1.96. The molecule has 0 bridgehead atoms. The predicted molar refractivity (Wildman–Crippen MR) is 86.8 cm³/mol. The van der Waals surface area contributed by atoms with Crippen LogP contribution in [0.3, 0.4) is 0 Å². The molecule has 0 saturated heterocycles. The van der Waals surface area contributed by atoms with Gasteiger partial charge in [-0.15, -0.1) is 0 Å². The molecular weight excluding hydrogens is 320 g/mol. The molecule has 7 heteroatoms. The molecule has 0 radical (unpaired) electrons. The van der Waals surface area contributed by atoms with Crippen molar-refractivity contribution < 1.29 is 14.5 Å². The average Bonchev–Trinajstić information content (AvgIpc) is 2.53. The SMILES string of the molecule is O=C(COc1ccccc1[N+](=O)[O-])NCCc1cccc(Cl)c1. The normalized spacial score (nSPS) is 10.1. The number of para-hydroxylation sites is 2. The lowest BCUT2D eigenvalue weighted by Gasteiger charge is -2.08. The van der Waals surface area contributed by atoms with Crippen molar-refractivity contribution in [2.75, 3.05) is 13.2 Å². The van der Waals surface area contributed by atoms with Crippen molar-refractivity contribution in [1.82, 2.24) is 5.32 Å². The molecule has 23 heavy (non-hydrogen) atoms. The maximum Gasteiger partial charge on any atom is 0.310 e. The fraction of sp³-hybridized carbons (Fsp3) is 0.188. The summed E-state index contributed by atoms with van der Waals surface area (Å²) < 4.78 is 5.21. The van der Waals surface area contributed by atoms with Crippen LogP contribution in [0.2, 0.25) is 5.02 Å². The van der Waals surface area contributed by atoms with Gasteiger partial charge in [0.25, 0.3) is 5.91 Å². The van der Waals surface area contributed by atoms with E-state index >= 15 is 0 Å². The molecule has 0 atom stereocenters. The highest BCUT2D eigenvalue weighted by molar-refractivity contribution is 6.30. The number of rotatable bonds is 7. The smallest absolute Gasteiger partial charge is 0.310 e. The Hall–Kier alpha value is -2.60. The van der Waals surface area contributed by atoms with E-state index in [0.717, 1.165) is 5.56 Å². The van der Waals surface area contributed by atoms with E-state index in [1.165, 1.54) is 18.2 Å². The Bertz CT molecular complexity index is 706. The van der Waals surface area contributed by atoms with Crippen LogP contribution in [0.15, 0.2) is 48.5 Å². The molecule has 1 amide bonds. The van der Waals surface area contributed by atoms with Gasteiger partial charge in [0.15, 0.2) is 12.4 Å². The largest absolute Gasteiger partial charge is 0.477 e. The highest BCUT2D eigenvalue weighted by atomic mass is 35.5. The number of nitrogens with one attached hydrogen (secondary N) is 1. The van der Waals surface area contributed by atoms with E-state index in [2.05, 4.69) is 5.32 Å². The Morgan fingerprint density at radius 1 is 1.22 bits per heavy atom. The number of amides is 1.